The lowest BCUT2D eigenvalue weighted by Crippen LogP contribution is -2.30. The van der Waals surface area contributed by atoms with Gasteiger partial charge in [-0.25, -0.2) is 0 Å². The van der Waals surface area contributed by atoms with Gasteiger partial charge >= 0.3 is 15.5 Å². The van der Waals surface area contributed by atoms with Gasteiger partial charge in [0, 0.05) is 4.47 Å². The number of halogens is 4. The summed E-state index contributed by atoms with van der Waals surface area (Å²) in [4.78, 5) is 0. The molecule has 0 saturated carbocycles. The van der Waals surface area contributed by atoms with Crippen LogP contribution in [0.4, 0.5) is 13.2 Å². The number of hydrogen-bond donors (Lipinski definition) is 0. The zero-order valence-corrected chi connectivity index (χ0v) is 10.2. The van der Waals surface area contributed by atoms with Gasteiger partial charge in [-0.3, -0.25) is 0 Å². The fourth-order valence-electron chi connectivity index (χ4n) is 1.15. The highest BCUT2D eigenvalue weighted by atomic mass is 79.9. The molecule has 5 nitrogen and oxygen atoms in total. The van der Waals surface area contributed by atoms with Crippen LogP contribution in [-0.4, -0.2) is 28.3 Å². The fourth-order valence-corrected chi connectivity index (χ4v) is 2.23. The molecule has 1 aromatic carbocycles. The van der Waals surface area contributed by atoms with Crippen molar-refractivity contribution in [3.63, 3.8) is 0 Å². The van der Waals surface area contributed by atoms with Crippen molar-refractivity contribution in [3.8, 4) is 0 Å². The van der Waals surface area contributed by atoms with E-state index in [0.29, 0.717) is 4.47 Å². The normalized spacial score (nSPS) is 13.2. The topological polar surface area (TPSA) is 64.8 Å². The lowest BCUT2D eigenvalue weighted by molar-refractivity contribution is -0.0448. The summed E-state index contributed by atoms with van der Waals surface area (Å²) >= 11 is 3.02. The molecule has 0 bridgehead atoms. The van der Waals surface area contributed by atoms with Gasteiger partial charge in [-0.15, -0.1) is 9.19 Å². The van der Waals surface area contributed by atoms with Crippen LogP contribution in [0.25, 0.3) is 11.0 Å². The number of benzene rings is 1. The van der Waals surface area contributed by atoms with Gasteiger partial charge in [-0.2, -0.15) is 21.6 Å². The lowest BCUT2D eigenvalue weighted by Gasteiger charge is -2.07. The van der Waals surface area contributed by atoms with Gasteiger partial charge in [-0.1, -0.05) is 21.1 Å². The molecule has 17 heavy (non-hydrogen) atoms. The Morgan fingerprint density at radius 3 is 2.53 bits per heavy atom. The van der Waals surface area contributed by atoms with Crippen molar-refractivity contribution in [2.24, 2.45) is 0 Å². The summed E-state index contributed by atoms with van der Waals surface area (Å²) < 4.78 is 59.6. The largest absolute Gasteiger partial charge is 0.518 e. The molecule has 1 heterocycles. The van der Waals surface area contributed by atoms with Crippen molar-refractivity contribution < 1.29 is 21.6 Å². The van der Waals surface area contributed by atoms with Crippen LogP contribution in [0.2, 0.25) is 0 Å². The Hall–Kier alpha value is -1.16. The second kappa shape index (κ2) is 3.67. The summed E-state index contributed by atoms with van der Waals surface area (Å²) in [5, 5.41) is 6.36. The van der Waals surface area contributed by atoms with Gasteiger partial charge < -0.3 is 0 Å². The Bertz CT molecular complexity index is 679. The Labute approximate surface area is 101 Å². The van der Waals surface area contributed by atoms with Crippen molar-refractivity contribution in [2.45, 2.75) is 5.51 Å². The summed E-state index contributed by atoms with van der Waals surface area (Å²) in [6.07, 6.45) is 0. The molecule has 0 aliphatic rings. The van der Waals surface area contributed by atoms with Crippen molar-refractivity contribution in [1.29, 1.82) is 0 Å². The van der Waals surface area contributed by atoms with Crippen LogP contribution in [0, 0.1) is 0 Å². The first-order valence-electron chi connectivity index (χ1n) is 4.06. The average Bonchev–Trinajstić information content (AvgIpc) is 2.58. The zero-order chi connectivity index (χ0) is 12.8. The summed E-state index contributed by atoms with van der Waals surface area (Å²) in [6, 6.07) is 4.06. The first-order chi connectivity index (χ1) is 7.73. The van der Waals surface area contributed by atoms with Crippen LogP contribution in [0.3, 0.4) is 0 Å². The number of aromatic nitrogens is 3. The van der Waals surface area contributed by atoms with E-state index < -0.39 is 15.5 Å². The molecule has 0 amide bonds. The SMILES string of the molecule is O=S(=O)(n1nnc2ccc(Br)cc21)C(F)(F)F. The van der Waals surface area contributed by atoms with Crippen molar-refractivity contribution >= 4 is 37.0 Å². The first kappa shape index (κ1) is 12.3. The van der Waals surface area contributed by atoms with Crippen molar-refractivity contribution in [2.75, 3.05) is 0 Å². The molecule has 2 rings (SSSR count). The molecule has 0 spiro atoms. The molecule has 1 aromatic heterocycles. The molecular formula is C7H3BrF3N3O2S. The minimum absolute atomic E-state index is 0.0565. The first-order valence-corrected chi connectivity index (χ1v) is 6.29. The molecule has 0 atom stereocenters. The van der Waals surface area contributed by atoms with Gasteiger partial charge in [-0.05, 0) is 18.2 Å². The van der Waals surface area contributed by atoms with E-state index in [1.165, 1.54) is 18.2 Å². The summed E-state index contributed by atoms with van der Waals surface area (Å²) in [5.74, 6) is 0. The summed E-state index contributed by atoms with van der Waals surface area (Å²) in [5.41, 5.74) is -5.60. The molecule has 0 fully saturated rings. The molecule has 0 N–H and O–H groups in total. The smallest absolute Gasteiger partial charge is 0.195 e. The van der Waals surface area contributed by atoms with E-state index in [0.717, 1.165) is 0 Å². The molecule has 0 saturated heterocycles. The van der Waals surface area contributed by atoms with E-state index in [9.17, 15) is 21.6 Å². The second-order valence-electron chi connectivity index (χ2n) is 3.02. The van der Waals surface area contributed by atoms with Gasteiger partial charge in [0.05, 0.1) is 0 Å². The van der Waals surface area contributed by atoms with Crippen molar-refractivity contribution in [1.82, 2.24) is 14.4 Å². The number of alkyl halides is 3. The van der Waals surface area contributed by atoms with Gasteiger partial charge in [0.1, 0.15) is 11.0 Å². The second-order valence-corrected chi connectivity index (χ2v) is 5.69. The van der Waals surface area contributed by atoms with Gasteiger partial charge in [0.25, 0.3) is 0 Å². The van der Waals surface area contributed by atoms with E-state index >= 15 is 0 Å². The number of rotatable bonds is 1. The van der Waals surface area contributed by atoms with E-state index in [1.807, 2.05) is 0 Å². The zero-order valence-electron chi connectivity index (χ0n) is 7.81. The van der Waals surface area contributed by atoms with E-state index in [1.54, 1.807) is 0 Å². The van der Waals surface area contributed by atoms with Crippen LogP contribution in [0.15, 0.2) is 22.7 Å². The number of hydrogen-bond acceptors (Lipinski definition) is 4. The average molecular weight is 330 g/mol. The van der Waals surface area contributed by atoms with Crippen LogP contribution < -0.4 is 0 Å². The van der Waals surface area contributed by atoms with Crippen LogP contribution in [0.1, 0.15) is 0 Å². The van der Waals surface area contributed by atoms with Crippen LogP contribution >= 0.6 is 15.9 Å². The summed E-state index contributed by atoms with van der Waals surface area (Å²) in [6.45, 7) is 0. The molecule has 0 radical (unpaired) electrons. The van der Waals surface area contributed by atoms with E-state index in [4.69, 9.17) is 0 Å². The number of fused-ring (bicyclic) bond motifs is 1. The monoisotopic (exact) mass is 329 g/mol. The minimum atomic E-state index is -5.55. The predicted octanol–water partition coefficient (Wildman–Crippen LogP) is 1.89. The third-order valence-electron chi connectivity index (χ3n) is 1.90. The standard InChI is InChI=1S/C7H3BrF3N3O2S/c8-4-1-2-5-6(3-4)14(13-12-5)17(15,16)7(9,10)11/h1-3H. The van der Waals surface area contributed by atoms with Crippen LogP contribution in [-0.2, 0) is 10.0 Å². The molecule has 92 valence electrons. The third kappa shape index (κ3) is 1.90. The molecular weight excluding hydrogens is 327 g/mol. The Morgan fingerprint density at radius 2 is 1.94 bits per heavy atom. The van der Waals surface area contributed by atoms with E-state index in [-0.39, 0.29) is 15.1 Å². The molecule has 0 aliphatic carbocycles. The highest BCUT2D eigenvalue weighted by Gasteiger charge is 2.49. The Balaban J connectivity index is 2.77. The Kier molecular flexibility index (Phi) is 2.65. The number of nitrogens with zero attached hydrogens (tertiary/aromatic N) is 3. The van der Waals surface area contributed by atoms with Gasteiger partial charge in [0.2, 0.25) is 0 Å². The van der Waals surface area contributed by atoms with E-state index in [2.05, 4.69) is 26.2 Å². The summed E-state index contributed by atoms with van der Waals surface area (Å²) in [7, 11) is -5.55. The minimum Gasteiger partial charge on any atom is -0.195 e. The quantitative estimate of drug-likeness (QED) is 0.801. The third-order valence-corrected chi connectivity index (χ3v) is 3.70. The Morgan fingerprint density at radius 1 is 1.29 bits per heavy atom. The fraction of sp³-hybridized carbons (Fsp3) is 0.143. The maximum Gasteiger partial charge on any atom is 0.518 e. The predicted molar refractivity (Wildman–Crippen MR) is 55.6 cm³/mol. The van der Waals surface area contributed by atoms with Gasteiger partial charge in [0.15, 0.2) is 0 Å². The molecule has 0 unspecified atom stereocenters. The van der Waals surface area contributed by atoms with Crippen LogP contribution in [0.5, 0.6) is 0 Å². The highest BCUT2D eigenvalue weighted by molar-refractivity contribution is 9.10. The maximum absolute atomic E-state index is 12.3. The lowest BCUT2D eigenvalue weighted by atomic mass is 10.3. The van der Waals surface area contributed by atoms with Crippen molar-refractivity contribution in [3.05, 3.63) is 22.7 Å². The molecule has 0 aliphatic heterocycles. The molecule has 10 heteroatoms. The highest BCUT2D eigenvalue weighted by Crippen LogP contribution is 2.28. The maximum atomic E-state index is 12.3. The molecule has 2 aromatic rings.